The molecule has 1 aromatic heterocycles. The molecule has 3 aromatic rings. The summed E-state index contributed by atoms with van der Waals surface area (Å²) in [6.07, 6.45) is 0.659. The lowest BCUT2D eigenvalue weighted by Gasteiger charge is -2.27. The number of fused-ring (bicyclic) bond motifs is 2. The van der Waals surface area contributed by atoms with Gasteiger partial charge in [-0.05, 0) is 36.2 Å². The normalized spacial score (nSPS) is 15.3. The highest BCUT2D eigenvalue weighted by Gasteiger charge is 2.36. The van der Waals surface area contributed by atoms with Crippen molar-refractivity contribution in [3.05, 3.63) is 75.4 Å². The van der Waals surface area contributed by atoms with Crippen LogP contribution in [0.5, 0.6) is 0 Å². The number of nitrogens with zero attached hydrogens (tertiary/aromatic N) is 3. The van der Waals surface area contributed by atoms with Crippen molar-refractivity contribution in [2.24, 2.45) is 5.92 Å². The molecule has 1 N–H and O–H groups in total. The van der Waals surface area contributed by atoms with Gasteiger partial charge < -0.3 is 4.90 Å². The smallest absolute Gasteiger partial charge is 0.261 e. The molecule has 0 atom stereocenters. The summed E-state index contributed by atoms with van der Waals surface area (Å²) in [4.78, 5) is 41.8. The van der Waals surface area contributed by atoms with Gasteiger partial charge >= 0.3 is 0 Å². The minimum Gasteiger partial charge on any atom is -0.334 e. The molecule has 7 nitrogen and oxygen atoms in total. The van der Waals surface area contributed by atoms with Gasteiger partial charge in [-0.15, -0.1) is 0 Å². The van der Waals surface area contributed by atoms with Crippen molar-refractivity contribution in [2.45, 2.75) is 26.8 Å². The van der Waals surface area contributed by atoms with Gasteiger partial charge in [0, 0.05) is 53.5 Å². The van der Waals surface area contributed by atoms with Crippen molar-refractivity contribution >= 4 is 29.3 Å². The van der Waals surface area contributed by atoms with Gasteiger partial charge in [0.25, 0.3) is 17.7 Å². The number of carbonyl (C=O) groups excluding carboxylic acids is 3. The van der Waals surface area contributed by atoms with Gasteiger partial charge in [0.1, 0.15) is 0 Å². The fourth-order valence-electron chi connectivity index (χ4n) is 4.45. The van der Waals surface area contributed by atoms with Crippen molar-refractivity contribution in [2.75, 3.05) is 13.1 Å². The van der Waals surface area contributed by atoms with Crippen LogP contribution < -0.4 is 0 Å². The molecule has 0 saturated heterocycles. The van der Waals surface area contributed by atoms with Crippen LogP contribution in [0.2, 0.25) is 5.02 Å². The maximum atomic E-state index is 13.3. The predicted octanol–water partition coefficient (Wildman–Crippen LogP) is 4.18. The number of aromatic nitrogens is 2. The van der Waals surface area contributed by atoms with Crippen molar-refractivity contribution in [1.29, 1.82) is 0 Å². The summed E-state index contributed by atoms with van der Waals surface area (Å²) >= 11 is 6.01. The summed E-state index contributed by atoms with van der Waals surface area (Å²) in [7, 11) is 0. The monoisotopic (exact) mass is 462 g/mol. The third kappa shape index (κ3) is 3.72. The first-order chi connectivity index (χ1) is 15.8. The molecule has 0 bridgehead atoms. The Bertz CT molecular complexity index is 1280. The molecule has 2 aliphatic rings. The molecule has 3 heterocycles. The molecule has 5 rings (SSSR count). The third-order valence-electron chi connectivity index (χ3n) is 6.10. The number of imide groups is 1. The minimum absolute atomic E-state index is 0.167. The first-order valence-corrected chi connectivity index (χ1v) is 11.3. The first-order valence-electron chi connectivity index (χ1n) is 10.9. The molecular formula is C25H23ClN4O3. The number of amides is 3. The van der Waals surface area contributed by atoms with E-state index in [9.17, 15) is 14.4 Å². The molecule has 2 aromatic carbocycles. The van der Waals surface area contributed by atoms with E-state index >= 15 is 0 Å². The molecule has 33 heavy (non-hydrogen) atoms. The second kappa shape index (κ2) is 8.15. The maximum Gasteiger partial charge on any atom is 0.261 e. The lowest BCUT2D eigenvalue weighted by Crippen LogP contribution is -2.36. The van der Waals surface area contributed by atoms with Gasteiger partial charge in [-0.1, -0.05) is 37.6 Å². The summed E-state index contributed by atoms with van der Waals surface area (Å²) in [5.74, 6) is -0.634. The van der Waals surface area contributed by atoms with Crippen LogP contribution in [-0.4, -0.2) is 50.8 Å². The van der Waals surface area contributed by atoms with Crippen LogP contribution in [0.15, 0.2) is 42.5 Å². The van der Waals surface area contributed by atoms with Crippen molar-refractivity contribution in [3.63, 3.8) is 0 Å². The minimum atomic E-state index is -0.334. The van der Waals surface area contributed by atoms with Gasteiger partial charge in [-0.25, -0.2) is 0 Å². The highest BCUT2D eigenvalue weighted by atomic mass is 35.5. The zero-order valence-corrected chi connectivity index (χ0v) is 19.1. The SMILES string of the molecule is CC(C)CN1C(=O)c2ccc(C(=O)N3CCc4[nH]nc(-c5ccc(Cl)cc5)c4C3)cc2C1=O. The van der Waals surface area contributed by atoms with E-state index in [0.29, 0.717) is 47.8 Å². The zero-order valence-electron chi connectivity index (χ0n) is 18.4. The maximum absolute atomic E-state index is 13.3. The first kappa shape index (κ1) is 21.4. The molecule has 0 saturated carbocycles. The number of hydrogen-bond donors (Lipinski definition) is 1. The number of nitrogens with one attached hydrogen (secondary N) is 1. The Morgan fingerprint density at radius 2 is 1.82 bits per heavy atom. The Morgan fingerprint density at radius 1 is 1.09 bits per heavy atom. The number of rotatable bonds is 4. The van der Waals surface area contributed by atoms with Crippen LogP contribution in [-0.2, 0) is 13.0 Å². The number of halogens is 1. The number of hydrogen-bond acceptors (Lipinski definition) is 4. The number of carbonyl (C=O) groups is 3. The van der Waals surface area contributed by atoms with Crippen molar-refractivity contribution in [3.8, 4) is 11.3 Å². The standard InChI is InChI=1S/C25H23ClN4O3/c1-14(2)12-30-24(32)18-8-5-16(11-19(18)25(30)33)23(31)29-10-9-21-20(13-29)22(28-27-21)15-3-6-17(26)7-4-15/h3-8,11,14H,9-10,12-13H2,1-2H3,(H,27,28). The van der Waals surface area contributed by atoms with E-state index in [-0.39, 0.29) is 23.6 Å². The van der Waals surface area contributed by atoms with Crippen LogP contribution in [0.3, 0.4) is 0 Å². The lowest BCUT2D eigenvalue weighted by atomic mass is 9.99. The summed E-state index contributed by atoms with van der Waals surface area (Å²) in [5, 5.41) is 8.21. The van der Waals surface area contributed by atoms with E-state index in [0.717, 1.165) is 22.5 Å². The Hall–Kier alpha value is -3.45. The topological polar surface area (TPSA) is 86.4 Å². The van der Waals surface area contributed by atoms with Gasteiger partial charge in [-0.3, -0.25) is 24.4 Å². The zero-order chi connectivity index (χ0) is 23.3. The van der Waals surface area contributed by atoms with Crippen LogP contribution >= 0.6 is 11.6 Å². The van der Waals surface area contributed by atoms with Crippen LogP contribution in [0.1, 0.15) is 56.2 Å². The largest absolute Gasteiger partial charge is 0.334 e. The van der Waals surface area contributed by atoms with Gasteiger partial charge in [0.15, 0.2) is 0 Å². The highest BCUT2D eigenvalue weighted by molar-refractivity contribution is 6.30. The molecule has 168 valence electrons. The second-order valence-corrected chi connectivity index (χ2v) is 9.32. The van der Waals surface area contributed by atoms with E-state index < -0.39 is 0 Å². The van der Waals surface area contributed by atoms with Crippen molar-refractivity contribution in [1.82, 2.24) is 20.0 Å². The van der Waals surface area contributed by atoms with Crippen LogP contribution in [0.25, 0.3) is 11.3 Å². The molecule has 3 amide bonds. The predicted molar refractivity (Wildman–Crippen MR) is 124 cm³/mol. The Labute approximate surface area is 196 Å². The molecular weight excluding hydrogens is 440 g/mol. The summed E-state index contributed by atoms with van der Waals surface area (Å²) in [5.41, 5.74) is 4.79. The molecule has 0 spiro atoms. The lowest BCUT2D eigenvalue weighted by molar-refractivity contribution is 0.0635. The fourth-order valence-corrected chi connectivity index (χ4v) is 4.58. The molecule has 0 fully saturated rings. The van der Waals surface area contributed by atoms with Crippen LogP contribution in [0, 0.1) is 5.92 Å². The third-order valence-corrected chi connectivity index (χ3v) is 6.36. The number of H-pyrrole nitrogens is 1. The van der Waals surface area contributed by atoms with E-state index in [1.165, 1.54) is 4.90 Å². The number of aromatic amines is 1. The summed E-state index contributed by atoms with van der Waals surface area (Å²) in [6, 6.07) is 12.2. The average Bonchev–Trinajstić information content (AvgIpc) is 3.33. The molecule has 2 aliphatic heterocycles. The number of benzene rings is 2. The summed E-state index contributed by atoms with van der Waals surface area (Å²) in [6.45, 7) is 5.22. The summed E-state index contributed by atoms with van der Waals surface area (Å²) < 4.78 is 0. The van der Waals surface area contributed by atoms with Gasteiger partial charge in [0.2, 0.25) is 0 Å². The fraction of sp³-hybridized carbons (Fsp3) is 0.280. The van der Waals surface area contributed by atoms with Crippen LogP contribution in [0.4, 0.5) is 0 Å². The van der Waals surface area contributed by atoms with Crippen molar-refractivity contribution < 1.29 is 14.4 Å². The highest BCUT2D eigenvalue weighted by Crippen LogP contribution is 2.31. The van der Waals surface area contributed by atoms with Gasteiger partial charge in [-0.2, -0.15) is 5.10 Å². The van der Waals surface area contributed by atoms with Gasteiger partial charge in [0.05, 0.1) is 16.8 Å². The quantitative estimate of drug-likeness (QED) is 0.589. The Balaban J connectivity index is 1.40. The van der Waals surface area contributed by atoms with E-state index in [4.69, 9.17) is 11.6 Å². The molecule has 8 heteroatoms. The Kier molecular flexibility index (Phi) is 5.29. The Morgan fingerprint density at radius 3 is 2.55 bits per heavy atom. The van der Waals surface area contributed by atoms with E-state index in [1.54, 1.807) is 23.1 Å². The van der Waals surface area contributed by atoms with E-state index in [2.05, 4.69) is 10.2 Å². The molecule has 0 unspecified atom stereocenters. The molecule has 0 radical (unpaired) electrons. The second-order valence-electron chi connectivity index (χ2n) is 8.89. The van der Waals surface area contributed by atoms with E-state index in [1.807, 2.05) is 38.1 Å². The average molecular weight is 463 g/mol. The molecule has 0 aliphatic carbocycles.